The van der Waals surface area contributed by atoms with Gasteiger partial charge in [-0.1, -0.05) is 0 Å². The van der Waals surface area contributed by atoms with Crippen LogP contribution in [0.3, 0.4) is 0 Å². The van der Waals surface area contributed by atoms with Gasteiger partial charge in [-0.3, -0.25) is 21.3 Å². The maximum atomic E-state index is 6.16. The predicted molar refractivity (Wildman–Crippen MR) is 98.1 cm³/mol. The number of rotatable bonds is 9. The molecule has 0 spiro atoms. The summed E-state index contributed by atoms with van der Waals surface area (Å²) in [4.78, 5) is 2.49. The van der Waals surface area contributed by atoms with Crippen molar-refractivity contribution in [1.29, 1.82) is 0 Å². The van der Waals surface area contributed by atoms with Gasteiger partial charge in [-0.05, 0) is 45.8 Å². The van der Waals surface area contributed by atoms with Crippen LogP contribution in [0.5, 0.6) is 0 Å². The van der Waals surface area contributed by atoms with Gasteiger partial charge in [-0.15, -0.1) is 0 Å². The highest BCUT2D eigenvalue weighted by Crippen LogP contribution is 2.15. The normalized spacial score (nSPS) is 37.0. The summed E-state index contributed by atoms with van der Waals surface area (Å²) in [6, 6.07) is 0.354. The van der Waals surface area contributed by atoms with Gasteiger partial charge in [-0.25, -0.2) is 0 Å². The second kappa shape index (κ2) is 10.1. The van der Waals surface area contributed by atoms with Crippen LogP contribution in [0.25, 0.3) is 0 Å². The van der Waals surface area contributed by atoms with Crippen LogP contribution in [0.2, 0.25) is 0 Å². The lowest BCUT2D eigenvalue weighted by atomic mass is 10.0. The van der Waals surface area contributed by atoms with Gasteiger partial charge in [0.25, 0.3) is 0 Å². The van der Waals surface area contributed by atoms with Gasteiger partial charge in [0.15, 0.2) is 0 Å². The molecular weight excluding hydrogens is 320 g/mol. The number of ether oxygens (including phenoxy) is 2. The summed E-state index contributed by atoms with van der Waals surface area (Å²) in [6.45, 7) is 6.36. The van der Waals surface area contributed by atoms with Gasteiger partial charge >= 0.3 is 0 Å². The molecule has 146 valence electrons. The summed E-state index contributed by atoms with van der Waals surface area (Å²) in [5.74, 6) is 0. The molecule has 0 aromatic heterocycles. The van der Waals surface area contributed by atoms with E-state index in [1.165, 1.54) is 19.5 Å². The van der Waals surface area contributed by atoms with Crippen molar-refractivity contribution < 1.29 is 9.47 Å². The summed E-state index contributed by atoms with van der Waals surface area (Å²) in [7, 11) is 3.75. The Morgan fingerprint density at radius 1 is 1.24 bits per heavy atom. The van der Waals surface area contributed by atoms with Crippen molar-refractivity contribution in [1.82, 2.24) is 31.5 Å². The third-order valence-corrected chi connectivity index (χ3v) is 5.47. The van der Waals surface area contributed by atoms with Crippen LogP contribution in [-0.2, 0) is 9.47 Å². The van der Waals surface area contributed by atoms with Crippen LogP contribution < -0.4 is 26.6 Å². The Kier molecular flexibility index (Phi) is 7.88. The molecule has 0 radical (unpaired) electrons. The topological polar surface area (TPSA) is 81.8 Å². The third kappa shape index (κ3) is 5.83. The Morgan fingerprint density at radius 3 is 2.84 bits per heavy atom. The van der Waals surface area contributed by atoms with Gasteiger partial charge in [-0.2, -0.15) is 0 Å². The number of methoxy groups -OCH3 is 1. The summed E-state index contributed by atoms with van der Waals surface area (Å²) >= 11 is 0. The Morgan fingerprint density at radius 2 is 2.12 bits per heavy atom. The number of likely N-dealkylation sites (tertiary alicyclic amines) is 1. The highest BCUT2D eigenvalue weighted by Gasteiger charge is 2.32. The molecule has 0 bridgehead atoms. The number of nitrogens with one attached hydrogen (secondary N) is 5. The molecule has 8 nitrogen and oxygen atoms in total. The van der Waals surface area contributed by atoms with E-state index in [1.807, 2.05) is 7.05 Å². The molecule has 3 heterocycles. The van der Waals surface area contributed by atoms with E-state index < -0.39 is 0 Å². The second-order valence-corrected chi connectivity index (χ2v) is 7.31. The zero-order valence-electron chi connectivity index (χ0n) is 15.7. The fourth-order valence-electron chi connectivity index (χ4n) is 3.81. The van der Waals surface area contributed by atoms with Crippen LogP contribution in [0, 0.1) is 0 Å². The highest BCUT2D eigenvalue weighted by atomic mass is 16.5. The van der Waals surface area contributed by atoms with Crippen molar-refractivity contribution in [2.24, 2.45) is 0 Å². The van der Waals surface area contributed by atoms with Gasteiger partial charge < -0.3 is 19.7 Å². The smallest absolute Gasteiger partial charge is 0.134 e. The molecule has 3 aliphatic heterocycles. The molecule has 0 aliphatic carbocycles. The Balaban J connectivity index is 1.39. The maximum absolute atomic E-state index is 6.16. The van der Waals surface area contributed by atoms with Crippen molar-refractivity contribution in [2.45, 2.75) is 56.5 Å². The molecule has 5 N–H and O–H groups in total. The third-order valence-electron chi connectivity index (χ3n) is 5.47. The summed E-state index contributed by atoms with van der Waals surface area (Å²) in [5.41, 5.74) is 0. The molecular formula is C17H36N6O2. The summed E-state index contributed by atoms with van der Waals surface area (Å²) < 4.78 is 11.7. The standard InChI is InChI=1S/C17H36N6O2/c1-18-15-5-6-19-17(22-15)21-13-11-14(16(24-2)20-12-13)25-10-4-9-23-7-3-8-23/h13-22H,3-12H2,1-2H3. The zero-order valence-corrected chi connectivity index (χ0v) is 15.7. The van der Waals surface area contributed by atoms with Crippen molar-refractivity contribution in [3.63, 3.8) is 0 Å². The van der Waals surface area contributed by atoms with Crippen molar-refractivity contribution in [3.05, 3.63) is 0 Å². The first kappa shape index (κ1) is 19.4. The molecule has 5 unspecified atom stereocenters. The fraction of sp³-hybridized carbons (Fsp3) is 1.00. The monoisotopic (exact) mass is 356 g/mol. The molecule has 0 amide bonds. The minimum Gasteiger partial charge on any atom is -0.374 e. The first-order valence-electron chi connectivity index (χ1n) is 9.81. The Bertz CT molecular complexity index is 384. The molecule has 3 fully saturated rings. The van der Waals surface area contributed by atoms with Gasteiger partial charge in [0.05, 0.1) is 12.3 Å². The molecule has 0 aromatic rings. The van der Waals surface area contributed by atoms with Crippen molar-refractivity contribution in [2.75, 3.05) is 53.5 Å². The number of hydrogen-bond acceptors (Lipinski definition) is 8. The SMILES string of the molecule is CNC1CCNC(NC2CNC(OC)C(OCCCN3CCC3)C2)N1. The highest BCUT2D eigenvalue weighted by molar-refractivity contribution is 4.88. The predicted octanol–water partition coefficient (Wildman–Crippen LogP) is -1.20. The average Bonchev–Trinajstić information content (AvgIpc) is 2.60. The molecule has 0 saturated carbocycles. The summed E-state index contributed by atoms with van der Waals surface area (Å²) in [6.07, 6.45) is 5.06. The van der Waals surface area contributed by atoms with E-state index in [9.17, 15) is 0 Å². The minimum absolute atomic E-state index is 0.0145. The van der Waals surface area contributed by atoms with Crippen molar-refractivity contribution >= 4 is 0 Å². The van der Waals surface area contributed by atoms with Gasteiger partial charge in [0.1, 0.15) is 12.5 Å². The lowest BCUT2D eigenvalue weighted by Crippen LogP contribution is -2.68. The minimum atomic E-state index is -0.0145. The van der Waals surface area contributed by atoms with E-state index in [0.29, 0.717) is 12.2 Å². The molecule has 3 rings (SSSR count). The van der Waals surface area contributed by atoms with E-state index in [1.54, 1.807) is 7.11 Å². The fourth-order valence-corrected chi connectivity index (χ4v) is 3.81. The van der Waals surface area contributed by atoms with Gasteiger partial charge in [0.2, 0.25) is 0 Å². The van der Waals surface area contributed by atoms with E-state index in [-0.39, 0.29) is 18.6 Å². The van der Waals surface area contributed by atoms with E-state index in [2.05, 4.69) is 31.5 Å². The Hall–Kier alpha value is -0.320. The van der Waals surface area contributed by atoms with Crippen LogP contribution in [-0.4, -0.2) is 89.2 Å². The van der Waals surface area contributed by atoms with Crippen LogP contribution in [0.4, 0.5) is 0 Å². The quantitative estimate of drug-likeness (QED) is 0.330. The first-order valence-corrected chi connectivity index (χ1v) is 9.81. The van der Waals surface area contributed by atoms with Crippen molar-refractivity contribution in [3.8, 4) is 0 Å². The van der Waals surface area contributed by atoms with E-state index >= 15 is 0 Å². The maximum Gasteiger partial charge on any atom is 0.134 e. The largest absolute Gasteiger partial charge is 0.374 e. The summed E-state index contributed by atoms with van der Waals surface area (Å²) in [5, 5.41) is 17.4. The molecule has 3 aliphatic rings. The number of nitrogens with zero attached hydrogens (tertiary/aromatic N) is 1. The molecule has 5 atom stereocenters. The van der Waals surface area contributed by atoms with E-state index in [0.717, 1.165) is 45.5 Å². The first-order chi connectivity index (χ1) is 12.3. The lowest BCUT2D eigenvalue weighted by molar-refractivity contribution is -0.0956. The van der Waals surface area contributed by atoms with Gasteiger partial charge in [0, 0.05) is 39.4 Å². The van der Waals surface area contributed by atoms with Crippen LogP contribution >= 0.6 is 0 Å². The molecule has 8 heteroatoms. The molecule has 25 heavy (non-hydrogen) atoms. The van der Waals surface area contributed by atoms with E-state index in [4.69, 9.17) is 9.47 Å². The van der Waals surface area contributed by atoms with Crippen LogP contribution in [0.1, 0.15) is 25.7 Å². The lowest BCUT2D eigenvalue weighted by Gasteiger charge is -2.40. The Labute approximate surface area is 151 Å². The number of piperidine rings is 1. The van der Waals surface area contributed by atoms with Crippen LogP contribution in [0.15, 0.2) is 0 Å². The zero-order chi connectivity index (χ0) is 17.5. The second-order valence-electron chi connectivity index (χ2n) is 7.31. The number of hydrogen-bond donors (Lipinski definition) is 5. The molecule has 3 saturated heterocycles. The molecule has 0 aromatic carbocycles. The average molecular weight is 357 g/mol.